The molecule has 0 saturated carbocycles. The third-order valence-corrected chi connectivity index (χ3v) is 4.69. The first-order valence-electron chi connectivity index (χ1n) is 8.47. The van der Waals surface area contributed by atoms with Gasteiger partial charge in [0.1, 0.15) is 0 Å². The highest BCUT2D eigenvalue weighted by Crippen LogP contribution is 2.33. The lowest BCUT2D eigenvalue weighted by molar-refractivity contribution is 0.0607. The summed E-state index contributed by atoms with van der Waals surface area (Å²) >= 11 is 0. The third kappa shape index (κ3) is 2.65. The molecule has 0 unspecified atom stereocenters. The van der Waals surface area contributed by atoms with Crippen molar-refractivity contribution in [3.05, 3.63) is 77.9 Å². The number of carbonyl (C=O) groups excluding carboxylic acids is 1. The maximum atomic E-state index is 14.0. The highest BCUT2D eigenvalue weighted by atomic mass is 19.1. The van der Waals surface area contributed by atoms with Gasteiger partial charge in [0.15, 0.2) is 5.82 Å². The molecule has 0 radical (unpaired) electrons. The molecule has 4 nitrogen and oxygen atoms in total. The fourth-order valence-electron chi connectivity index (χ4n) is 3.39. The van der Waals surface area contributed by atoms with E-state index >= 15 is 0 Å². The number of halogens is 1. The topological polar surface area (TPSA) is 45.6 Å². The van der Waals surface area contributed by atoms with Gasteiger partial charge in [0.25, 0.3) is 5.91 Å². The zero-order chi connectivity index (χ0) is 18.3. The van der Waals surface area contributed by atoms with Gasteiger partial charge in [-0.2, -0.15) is 5.10 Å². The molecule has 4 rings (SSSR count). The fraction of sp³-hybridized carbons (Fsp3) is 0.190. The van der Waals surface area contributed by atoms with Crippen molar-refractivity contribution in [2.75, 3.05) is 0 Å². The number of benzene rings is 2. The predicted molar refractivity (Wildman–Crippen MR) is 99.5 cm³/mol. The van der Waals surface area contributed by atoms with Crippen LogP contribution in [0.3, 0.4) is 0 Å². The van der Waals surface area contributed by atoms with Crippen molar-refractivity contribution in [1.82, 2.24) is 9.99 Å². The molecule has 0 bridgehead atoms. The lowest BCUT2D eigenvalue weighted by atomic mass is 9.92. The van der Waals surface area contributed by atoms with Crippen LogP contribution in [-0.4, -0.2) is 27.2 Å². The van der Waals surface area contributed by atoms with E-state index in [4.69, 9.17) is 0 Å². The Kier molecular flexibility index (Phi) is 3.80. The second kappa shape index (κ2) is 6.02. The largest absolute Gasteiger partial charge is 0.277 e. The molecule has 5 heteroatoms. The Morgan fingerprint density at radius 2 is 1.88 bits per heavy atom. The number of fused-ring (bicyclic) bond motifs is 1. The van der Waals surface area contributed by atoms with Crippen LogP contribution >= 0.6 is 0 Å². The number of hydrazone groups is 1. The lowest BCUT2D eigenvalue weighted by Gasteiger charge is -2.28. The average Bonchev–Trinajstić information content (AvgIpc) is 2.96. The molecule has 0 saturated heterocycles. The van der Waals surface area contributed by atoms with E-state index in [0.717, 1.165) is 28.2 Å². The van der Waals surface area contributed by atoms with E-state index in [-0.39, 0.29) is 5.56 Å². The van der Waals surface area contributed by atoms with Crippen LogP contribution in [0.5, 0.6) is 0 Å². The zero-order valence-electron chi connectivity index (χ0n) is 14.6. The van der Waals surface area contributed by atoms with Crippen LogP contribution in [0.15, 0.2) is 66.0 Å². The standard InChI is InChI=1S/C21H18FN3O/c1-21(2)12-19(16-9-5-7-14-6-3-4-8-15(14)16)24-25(21)20(26)17-10-11-23-13-18(17)22/h3-11,13H,12H2,1-2H3. The Labute approximate surface area is 151 Å². The van der Waals surface area contributed by atoms with E-state index in [0.29, 0.717) is 6.42 Å². The number of nitrogens with zero attached hydrogens (tertiary/aromatic N) is 3. The number of hydrogen-bond donors (Lipinski definition) is 0. The van der Waals surface area contributed by atoms with Crippen LogP contribution in [0.25, 0.3) is 10.8 Å². The summed E-state index contributed by atoms with van der Waals surface area (Å²) in [5, 5.41) is 8.20. The van der Waals surface area contributed by atoms with Gasteiger partial charge in [0.2, 0.25) is 0 Å². The normalized spacial score (nSPS) is 16.0. The van der Waals surface area contributed by atoms with Crippen molar-refractivity contribution in [3.8, 4) is 0 Å². The number of carbonyl (C=O) groups is 1. The Hall–Kier alpha value is -3.08. The zero-order valence-corrected chi connectivity index (χ0v) is 14.6. The van der Waals surface area contributed by atoms with Gasteiger partial charge in [-0.3, -0.25) is 9.78 Å². The van der Waals surface area contributed by atoms with Crippen LogP contribution in [0.1, 0.15) is 36.2 Å². The molecule has 2 aromatic carbocycles. The SMILES string of the molecule is CC1(C)CC(c2cccc3ccccc23)=NN1C(=O)c1ccncc1F. The predicted octanol–water partition coefficient (Wildman–Crippen LogP) is 4.40. The number of hydrogen-bond acceptors (Lipinski definition) is 3. The number of pyridine rings is 1. The maximum Gasteiger partial charge on any atom is 0.277 e. The van der Waals surface area contributed by atoms with Gasteiger partial charge in [-0.1, -0.05) is 42.5 Å². The summed E-state index contributed by atoms with van der Waals surface area (Å²) in [5.74, 6) is -1.09. The van der Waals surface area contributed by atoms with E-state index in [1.54, 1.807) is 0 Å². The Balaban J connectivity index is 1.79. The Bertz CT molecular complexity index is 1040. The van der Waals surface area contributed by atoms with Gasteiger partial charge in [0.05, 0.1) is 23.0 Å². The lowest BCUT2D eigenvalue weighted by Crippen LogP contribution is -2.41. The average molecular weight is 347 g/mol. The first-order valence-corrected chi connectivity index (χ1v) is 8.47. The van der Waals surface area contributed by atoms with Gasteiger partial charge in [-0.25, -0.2) is 9.40 Å². The molecule has 1 aromatic heterocycles. The second-order valence-corrected chi connectivity index (χ2v) is 7.04. The maximum absolute atomic E-state index is 14.0. The molecule has 0 N–H and O–H groups in total. The molecular formula is C21H18FN3O. The van der Waals surface area contributed by atoms with Crippen molar-refractivity contribution >= 4 is 22.4 Å². The molecule has 0 atom stereocenters. The van der Waals surface area contributed by atoms with Gasteiger partial charge >= 0.3 is 0 Å². The summed E-state index contributed by atoms with van der Waals surface area (Å²) in [6.45, 7) is 3.87. The van der Waals surface area contributed by atoms with E-state index < -0.39 is 17.3 Å². The molecule has 0 aliphatic carbocycles. The molecular weight excluding hydrogens is 329 g/mol. The summed E-state index contributed by atoms with van der Waals surface area (Å²) in [6.07, 6.45) is 3.06. The van der Waals surface area contributed by atoms with Crippen LogP contribution in [0.4, 0.5) is 4.39 Å². The van der Waals surface area contributed by atoms with E-state index in [1.165, 1.54) is 17.3 Å². The number of rotatable bonds is 2. The van der Waals surface area contributed by atoms with Crippen molar-refractivity contribution in [2.45, 2.75) is 25.8 Å². The molecule has 130 valence electrons. The molecule has 26 heavy (non-hydrogen) atoms. The van der Waals surface area contributed by atoms with E-state index in [2.05, 4.69) is 22.2 Å². The minimum atomic E-state index is -0.637. The van der Waals surface area contributed by atoms with E-state index in [1.807, 2.05) is 44.2 Å². The van der Waals surface area contributed by atoms with Crippen molar-refractivity contribution in [1.29, 1.82) is 0 Å². The Morgan fingerprint density at radius 3 is 2.69 bits per heavy atom. The van der Waals surface area contributed by atoms with Gasteiger partial charge in [-0.15, -0.1) is 0 Å². The fourth-order valence-corrected chi connectivity index (χ4v) is 3.39. The van der Waals surface area contributed by atoms with Crippen LogP contribution < -0.4 is 0 Å². The smallest absolute Gasteiger partial charge is 0.267 e. The van der Waals surface area contributed by atoms with Crippen LogP contribution in [0.2, 0.25) is 0 Å². The highest BCUT2D eigenvalue weighted by Gasteiger charge is 2.39. The van der Waals surface area contributed by atoms with Crippen LogP contribution in [0, 0.1) is 5.82 Å². The molecule has 0 spiro atoms. The summed E-state index contributed by atoms with van der Waals surface area (Å²) in [4.78, 5) is 16.6. The van der Waals surface area contributed by atoms with Crippen molar-refractivity contribution in [3.63, 3.8) is 0 Å². The van der Waals surface area contributed by atoms with Crippen molar-refractivity contribution in [2.24, 2.45) is 5.10 Å². The number of amides is 1. The minimum absolute atomic E-state index is 0.0176. The number of aromatic nitrogens is 1. The molecule has 0 fully saturated rings. The second-order valence-electron chi connectivity index (χ2n) is 7.04. The molecule has 1 amide bonds. The summed E-state index contributed by atoms with van der Waals surface area (Å²) in [6, 6.07) is 15.5. The van der Waals surface area contributed by atoms with E-state index in [9.17, 15) is 9.18 Å². The summed E-state index contributed by atoms with van der Waals surface area (Å²) < 4.78 is 14.0. The van der Waals surface area contributed by atoms with Crippen molar-refractivity contribution < 1.29 is 9.18 Å². The summed E-state index contributed by atoms with van der Waals surface area (Å²) in [5.41, 5.74) is 1.27. The molecule has 1 aliphatic heterocycles. The Morgan fingerprint density at radius 1 is 1.12 bits per heavy atom. The summed E-state index contributed by atoms with van der Waals surface area (Å²) in [7, 11) is 0. The quantitative estimate of drug-likeness (QED) is 0.690. The minimum Gasteiger partial charge on any atom is -0.267 e. The molecule has 3 aromatic rings. The third-order valence-electron chi connectivity index (χ3n) is 4.69. The van der Waals surface area contributed by atoms with Gasteiger partial charge in [-0.05, 0) is 30.7 Å². The van der Waals surface area contributed by atoms with Gasteiger partial charge in [0, 0.05) is 18.2 Å². The monoisotopic (exact) mass is 347 g/mol. The first kappa shape index (κ1) is 16.4. The molecule has 1 aliphatic rings. The molecule has 2 heterocycles. The highest BCUT2D eigenvalue weighted by molar-refractivity contribution is 6.13. The van der Waals surface area contributed by atoms with Crippen LogP contribution in [-0.2, 0) is 0 Å². The first-order chi connectivity index (χ1) is 12.5. The van der Waals surface area contributed by atoms with Gasteiger partial charge < -0.3 is 0 Å².